The van der Waals surface area contributed by atoms with Crippen molar-refractivity contribution in [2.45, 2.75) is 51.0 Å². The van der Waals surface area contributed by atoms with Crippen LogP contribution >= 0.6 is 0 Å². The van der Waals surface area contributed by atoms with Gasteiger partial charge >= 0.3 is 12.1 Å². The average molecular weight is 307 g/mol. The minimum atomic E-state index is -1.26. The van der Waals surface area contributed by atoms with Gasteiger partial charge in [0.05, 0.1) is 0 Å². The van der Waals surface area contributed by atoms with Crippen LogP contribution in [0, 0.1) is 0 Å². The van der Waals surface area contributed by atoms with Crippen LogP contribution in [0.1, 0.15) is 55.3 Å². The van der Waals surface area contributed by atoms with Crippen molar-refractivity contribution in [1.82, 2.24) is 0 Å². The van der Waals surface area contributed by atoms with Crippen LogP contribution in [0.5, 0.6) is 5.75 Å². The van der Waals surface area contributed by atoms with Crippen LogP contribution in [0.3, 0.4) is 0 Å². The van der Waals surface area contributed by atoms with E-state index in [-0.39, 0.29) is 23.1 Å². The standard InChI is InChI=1S/C16H21NO5/c18-14-9-8-11(10-13(14)15(19)20)17-16(21)22-12-6-4-2-1-3-5-7-12/h8-10,12,18H,1-7H2,(H,17,21)(H,19,20). The average Bonchev–Trinajstić information content (AvgIpc) is 2.43. The maximum atomic E-state index is 11.9. The number of hydrogen-bond acceptors (Lipinski definition) is 4. The van der Waals surface area contributed by atoms with Gasteiger partial charge in [0.1, 0.15) is 17.4 Å². The smallest absolute Gasteiger partial charge is 0.411 e. The molecule has 0 spiro atoms. The van der Waals surface area contributed by atoms with Crippen molar-refractivity contribution in [3.05, 3.63) is 23.8 Å². The number of carbonyl (C=O) groups excluding carboxylic acids is 1. The van der Waals surface area contributed by atoms with E-state index in [1.54, 1.807) is 0 Å². The van der Waals surface area contributed by atoms with Crippen LogP contribution < -0.4 is 5.32 Å². The molecule has 6 nitrogen and oxygen atoms in total. The Morgan fingerprint density at radius 1 is 1.09 bits per heavy atom. The monoisotopic (exact) mass is 307 g/mol. The third-order valence-electron chi connectivity index (χ3n) is 3.80. The first-order valence-electron chi connectivity index (χ1n) is 7.60. The highest BCUT2D eigenvalue weighted by molar-refractivity contribution is 5.93. The van der Waals surface area contributed by atoms with E-state index in [9.17, 15) is 14.7 Å². The molecular formula is C16H21NO5. The molecule has 120 valence electrons. The number of aromatic carboxylic acids is 1. The highest BCUT2D eigenvalue weighted by atomic mass is 16.6. The third kappa shape index (κ3) is 4.65. The van der Waals surface area contributed by atoms with Gasteiger partial charge in [-0.25, -0.2) is 9.59 Å². The summed E-state index contributed by atoms with van der Waals surface area (Å²) in [6.45, 7) is 0. The van der Waals surface area contributed by atoms with Gasteiger partial charge in [0, 0.05) is 5.69 Å². The first-order chi connectivity index (χ1) is 10.6. The van der Waals surface area contributed by atoms with Crippen LogP contribution in [0.2, 0.25) is 0 Å². The molecule has 1 amide bonds. The Balaban J connectivity index is 1.93. The summed E-state index contributed by atoms with van der Waals surface area (Å²) in [6.07, 6.45) is 6.74. The lowest BCUT2D eigenvalue weighted by Crippen LogP contribution is -2.23. The van der Waals surface area contributed by atoms with E-state index in [1.165, 1.54) is 37.5 Å². The molecule has 1 saturated carbocycles. The Morgan fingerprint density at radius 2 is 1.73 bits per heavy atom. The fraction of sp³-hybridized carbons (Fsp3) is 0.500. The minimum absolute atomic E-state index is 0.0867. The zero-order chi connectivity index (χ0) is 15.9. The molecule has 0 aromatic heterocycles. The Kier molecular flexibility index (Phi) is 5.63. The summed E-state index contributed by atoms with van der Waals surface area (Å²) in [5, 5.41) is 20.9. The quantitative estimate of drug-likeness (QED) is 0.739. The molecule has 6 heteroatoms. The van der Waals surface area contributed by atoms with Gasteiger partial charge in [-0.1, -0.05) is 19.3 Å². The number of benzene rings is 1. The van der Waals surface area contributed by atoms with Gasteiger partial charge in [0.25, 0.3) is 0 Å². The van der Waals surface area contributed by atoms with E-state index in [4.69, 9.17) is 9.84 Å². The SMILES string of the molecule is O=C(Nc1ccc(O)c(C(=O)O)c1)OC1CCCCCCC1. The Hall–Kier alpha value is -2.24. The van der Waals surface area contributed by atoms with Crippen LogP contribution in [-0.4, -0.2) is 28.4 Å². The molecule has 0 bridgehead atoms. The first-order valence-corrected chi connectivity index (χ1v) is 7.60. The molecule has 0 unspecified atom stereocenters. The number of anilines is 1. The van der Waals surface area contributed by atoms with E-state index < -0.39 is 12.1 Å². The van der Waals surface area contributed by atoms with Crippen molar-refractivity contribution in [2.75, 3.05) is 5.32 Å². The molecule has 0 radical (unpaired) electrons. The van der Waals surface area contributed by atoms with Crippen molar-refractivity contribution in [3.8, 4) is 5.75 Å². The third-order valence-corrected chi connectivity index (χ3v) is 3.80. The largest absolute Gasteiger partial charge is 0.507 e. The molecule has 0 atom stereocenters. The number of ether oxygens (including phenoxy) is 1. The predicted octanol–water partition coefficient (Wildman–Crippen LogP) is 3.75. The summed E-state index contributed by atoms with van der Waals surface area (Å²) in [5.74, 6) is -1.60. The summed E-state index contributed by atoms with van der Waals surface area (Å²) in [7, 11) is 0. The lowest BCUT2D eigenvalue weighted by Gasteiger charge is -2.20. The van der Waals surface area contributed by atoms with Gasteiger partial charge in [0.2, 0.25) is 0 Å². The maximum absolute atomic E-state index is 11.9. The molecule has 1 aliphatic carbocycles. The molecule has 1 aromatic carbocycles. The van der Waals surface area contributed by atoms with E-state index in [2.05, 4.69) is 5.32 Å². The second-order valence-corrected chi connectivity index (χ2v) is 5.53. The number of amides is 1. The molecule has 1 aromatic rings. The van der Waals surface area contributed by atoms with Gasteiger partial charge in [-0.15, -0.1) is 0 Å². The normalized spacial score (nSPS) is 16.4. The molecule has 0 heterocycles. The fourth-order valence-electron chi connectivity index (χ4n) is 2.62. The Labute approximate surface area is 129 Å². The Morgan fingerprint density at radius 3 is 2.36 bits per heavy atom. The van der Waals surface area contributed by atoms with Crippen LogP contribution in [0.25, 0.3) is 0 Å². The van der Waals surface area contributed by atoms with Crippen molar-refractivity contribution < 1.29 is 24.5 Å². The van der Waals surface area contributed by atoms with Gasteiger partial charge < -0.3 is 14.9 Å². The van der Waals surface area contributed by atoms with Crippen molar-refractivity contribution in [3.63, 3.8) is 0 Å². The number of aromatic hydroxyl groups is 1. The number of rotatable bonds is 3. The van der Waals surface area contributed by atoms with Crippen LogP contribution in [0.15, 0.2) is 18.2 Å². The second kappa shape index (κ2) is 7.68. The van der Waals surface area contributed by atoms with Gasteiger partial charge in [-0.3, -0.25) is 5.32 Å². The van der Waals surface area contributed by atoms with E-state index in [0.29, 0.717) is 0 Å². The summed E-state index contributed by atoms with van der Waals surface area (Å²) >= 11 is 0. The number of carboxylic acids is 1. The number of nitrogens with one attached hydrogen (secondary N) is 1. The zero-order valence-corrected chi connectivity index (χ0v) is 12.4. The molecular weight excluding hydrogens is 286 g/mol. The number of phenols is 1. The van der Waals surface area contributed by atoms with Gasteiger partial charge in [0.15, 0.2) is 0 Å². The van der Waals surface area contributed by atoms with Crippen molar-refractivity contribution >= 4 is 17.7 Å². The molecule has 1 aliphatic rings. The second-order valence-electron chi connectivity index (χ2n) is 5.53. The summed E-state index contributed by atoms with van der Waals surface area (Å²) in [6, 6.07) is 3.87. The van der Waals surface area contributed by atoms with E-state index in [0.717, 1.165) is 25.7 Å². The zero-order valence-electron chi connectivity index (χ0n) is 12.4. The maximum Gasteiger partial charge on any atom is 0.411 e. The minimum Gasteiger partial charge on any atom is -0.507 e. The highest BCUT2D eigenvalue weighted by Crippen LogP contribution is 2.23. The molecule has 1 fully saturated rings. The first kappa shape index (κ1) is 16.1. The van der Waals surface area contributed by atoms with Crippen molar-refractivity contribution in [1.29, 1.82) is 0 Å². The molecule has 2 rings (SSSR count). The number of hydrogen-bond donors (Lipinski definition) is 3. The number of carbonyl (C=O) groups is 2. The van der Waals surface area contributed by atoms with Crippen LogP contribution in [0.4, 0.5) is 10.5 Å². The highest BCUT2D eigenvalue weighted by Gasteiger charge is 2.17. The van der Waals surface area contributed by atoms with Crippen molar-refractivity contribution in [2.24, 2.45) is 0 Å². The topological polar surface area (TPSA) is 95.9 Å². The lowest BCUT2D eigenvalue weighted by molar-refractivity contribution is 0.0693. The summed E-state index contributed by atoms with van der Waals surface area (Å²) < 4.78 is 5.40. The van der Waals surface area contributed by atoms with E-state index >= 15 is 0 Å². The van der Waals surface area contributed by atoms with Crippen LogP contribution in [-0.2, 0) is 4.74 Å². The van der Waals surface area contributed by atoms with Gasteiger partial charge in [-0.2, -0.15) is 0 Å². The van der Waals surface area contributed by atoms with Gasteiger partial charge in [-0.05, 0) is 43.9 Å². The summed E-state index contributed by atoms with van der Waals surface area (Å²) in [5.41, 5.74) is 0.0230. The molecule has 0 saturated heterocycles. The predicted molar refractivity (Wildman–Crippen MR) is 81.3 cm³/mol. The van der Waals surface area contributed by atoms with E-state index in [1.807, 2.05) is 0 Å². The lowest BCUT2D eigenvalue weighted by atomic mass is 9.99. The molecule has 0 aliphatic heterocycles. The Bertz CT molecular complexity index is 535. The molecule has 3 N–H and O–H groups in total. The fourth-order valence-corrected chi connectivity index (χ4v) is 2.62. The number of carboxylic acid groups (broad SMARTS) is 1. The molecule has 22 heavy (non-hydrogen) atoms. The summed E-state index contributed by atoms with van der Waals surface area (Å²) in [4.78, 5) is 22.8.